The Morgan fingerprint density at radius 3 is 2.92 bits per heavy atom. The number of carbonyl (C=O) groups excluding carboxylic acids is 1. The number of hydrogen-bond donors (Lipinski definition) is 0. The van der Waals surface area contributed by atoms with Gasteiger partial charge in [0.2, 0.25) is 0 Å². The molecule has 9 heteroatoms. The lowest BCUT2D eigenvalue weighted by molar-refractivity contribution is 0.0534. The third-order valence-electron chi connectivity index (χ3n) is 4.33. The van der Waals surface area contributed by atoms with E-state index in [-0.39, 0.29) is 12.2 Å². The summed E-state index contributed by atoms with van der Waals surface area (Å²) in [6, 6.07) is 1.94. The van der Waals surface area contributed by atoms with E-state index in [0.29, 0.717) is 26.3 Å². The van der Waals surface area contributed by atoms with E-state index in [1.165, 1.54) is 0 Å². The molecule has 0 spiro atoms. The van der Waals surface area contributed by atoms with Crippen molar-refractivity contribution in [1.29, 1.82) is 0 Å². The second-order valence-electron chi connectivity index (χ2n) is 5.89. The molecule has 128 valence electrons. The van der Waals surface area contributed by atoms with Crippen LogP contribution in [-0.2, 0) is 9.47 Å². The summed E-state index contributed by atoms with van der Waals surface area (Å²) in [6.45, 7) is 3.88. The molecule has 2 aromatic heterocycles. The van der Waals surface area contributed by atoms with Crippen LogP contribution in [0.1, 0.15) is 6.42 Å². The van der Waals surface area contributed by atoms with Crippen LogP contribution in [-0.4, -0.2) is 71.1 Å². The maximum atomic E-state index is 12.2. The van der Waals surface area contributed by atoms with Gasteiger partial charge in [-0.25, -0.2) is 14.3 Å². The summed E-state index contributed by atoms with van der Waals surface area (Å²) in [5.41, 5.74) is 0.788. The van der Waals surface area contributed by atoms with Crippen LogP contribution in [0.15, 0.2) is 22.9 Å². The fourth-order valence-corrected chi connectivity index (χ4v) is 3.31. The zero-order chi connectivity index (χ0) is 16.5. The maximum absolute atomic E-state index is 12.2. The number of anilines is 1. The van der Waals surface area contributed by atoms with Gasteiger partial charge in [0.15, 0.2) is 5.65 Å². The Bertz CT molecular complexity index is 738. The van der Waals surface area contributed by atoms with Gasteiger partial charge >= 0.3 is 6.09 Å². The Hall–Kier alpha value is -1.87. The van der Waals surface area contributed by atoms with Crippen LogP contribution < -0.4 is 4.90 Å². The minimum Gasteiger partial charge on any atom is -0.444 e. The first-order valence-corrected chi connectivity index (χ1v) is 8.78. The zero-order valence-corrected chi connectivity index (χ0v) is 14.7. The van der Waals surface area contributed by atoms with Crippen molar-refractivity contribution in [2.45, 2.75) is 12.5 Å². The largest absolute Gasteiger partial charge is 0.444 e. The Balaban J connectivity index is 1.37. The van der Waals surface area contributed by atoms with Crippen LogP contribution in [0.25, 0.3) is 5.65 Å². The second-order valence-corrected chi connectivity index (χ2v) is 6.74. The number of rotatable bonds is 2. The maximum Gasteiger partial charge on any atom is 0.410 e. The molecule has 1 atom stereocenters. The van der Waals surface area contributed by atoms with E-state index in [4.69, 9.17) is 9.47 Å². The van der Waals surface area contributed by atoms with Crippen molar-refractivity contribution in [2.24, 2.45) is 0 Å². The average Bonchev–Trinajstić information content (AvgIpc) is 3.25. The van der Waals surface area contributed by atoms with E-state index in [1.54, 1.807) is 15.6 Å². The van der Waals surface area contributed by atoms with Crippen LogP contribution in [0.2, 0.25) is 0 Å². The van der Waals surface area contributed by atoms with Crippen molar-refractivity contribution in [3.63, 3.8) is 0 Å². The van der Waals surface area contributed by atoms with Crippen LogP contribution >= 0.6 is 15.9 Å². The third-order valence-corrected chi connectivity index (χ3v) is 4.89. The van der Waals surface area contributed by atoms with E-state index >= 15 is 0 Å². The predicted molar refractivity (Wildman–Crippen MR) is 90.2 cm³/mol. The quantitative estimate of drug-likeness (QED) is 0.767. The van der Waals surface area contributed by atoms with Gasteiger partial charge in [0.05, 0.1) is 23.9 Å². The summed E-state index contributed by atoms with van der Waals surface area (Å²) >= 11 is 3.45. The predicted octanol–water partition coefficient (Wildman–Crippen LogP) is 1.54. The molecule has 4 heterocycles. The van der Waals surface area contributed by atoms with Gasteiger partial charge in [-0.05, 0) is 22.0 Å². The Labute approximate surface area is 147 Å². The SMILES string of the molecule is O=C(O[C@@H]1CCOC1)N1CCN(c2ccn3ncc(Br)c3n2)CC1. The summed E-state index contributed by atoms with van der Waals surface area (Å²) in [4.78, 5) is 20.7. The van der Waals surface area contributed by atoms with E-state index in [9.17, 15) is 4.79 Å². The molecule has 0 saturated carbocycles. The number of fused-ring (bicyclic) bond motifs is 1. The number of nitrogens with zero attached hydrogens (tertiary/aromatic N) is 5. The minimum atomic E-state index is -0.243. The Kier molecular flexibility index (Phi) is 4.28. The van der Waals surface area contributed by atoms with Crippen molar-refractivity contribution in [3.05, 3.63) is 22.9 Å². The highest BCUT2D eigenvalue weighted by molar-refractivity contribution is 9.10. The second kappa shape index (κ2) is 6.56. The first-order valence-electron chi connectivity index (χ1n) is 7.99. The lowest BCUT2D eigenvalue weighted by atomic mass is 10.3. The van der Waals surface area contributed by atoms with Gasteiger partial charge in [0, 0.05) is 38.8 Å². The van der Waals surface area contributed by atoms with Crippen molar-refractivity contribution >= 4 is 33.5 Å². The summed E-state index contributed by atoms with van der Waals surface area (Å²) < 4.78 is 13.3. The Morgan fingerprint density at radius 1 is 1.33 bits per heavy atom. The number of aromatic nitrogens is 3. The molecule has 2 aromatic rings. The lowest BCUT2D eigenvalue weighted by Gasteiger charge is -2.35. The normalized spacial score (nSPS) is 21.5. The Morgan fingerprint density at radius 2 is 2.17 bits per heavy atom. The molecule has 2 saturated heterocycles. The molecule has 8 nitrogen and oxygen atoms in total. The highest BCUT2D eigenvalue weighted by Gasteiger charge is 2.27. The number of halogens is 1. The molecule has 2 aliphatic heterocycles. The molecular formula is C15H18BrN5O3. The molecule has 0 unspecified atom stereocenters. The fourth-order valence-electron chi connectivity index (χ4n) is 2.95. The van der Waals surface area contributed by atoms with E-state index in [2.05, 4.69) is 30.9 Å². The van der Waals surface area contributed by atoms with Gasteiger partial charge in [0.25, 0.3) is 0 Å². The van der Waals surface area contributed by atoms with Crippen LogP contribution in [0, 0.1) is 0 Å². The molecule has 1 amide bonds. The van der Waals surface area contributed by atoms with E-state index in [1.807, 2.05) is 12.3 Å². The molecule has 0 N–H and O–H groups in total. The number of piperazine rings is 1. The molecule has 4 rings (SSSR count). The van der Waals surface area contributed by atoms with Gasteiger partial charge in [-0.15, -0.1) is 0 Å². The van der Waals surface area contributed by atoms with Gasteiger partial charge < -0.3 is 19.3 Å². The molecule has 0 aromatic carbocycles. The zero-order valence-electron chi connectivity index (χ0n) is 13.1. The molecule has 0 aliphatic carbocycles. The lowest BCUT2D eigenvalue weighted by Crippen LogP contribution is -2.49. The smallest absolute Gasteiger partial charge is 0.410 e. The van der Waals surface area contributed by atoms with Gasteiger partial charge in [0.1, 0.15) is 11.9 Å². The number of ether oxygens (including phenoxy) is 2. The number of carbonyl (C=O) groups is 1. The van der Waals surface area contributed by atoms with Crippen molar-refractivity contribution in [1.82, 2.24) is 19.5 Å². The van der Waals surface area contributed by atoms with Gasteiger partial charge in [-0.2, -0.15) is 5.10 Å². The van der Waals surface area contributed by atoms with Crippen molar-refractivity contribution in [3.8, 4) is 0 Å². The topological polar surface area (TPSA) is 72.2 Å². The molecule has 24 heavy (non-hydrogen) atoms. The van der Waals surface area contributed by atoms with E-state index < -0.39 is 0 Å². The molecule has 2 fully saturated rings. The van der Waals surface area contributed by atoms with Crippen LogP contribution in [0.3, 0.4) is 0 Å². The van der Waals surface area contributed by atoms with Crippen LogP contribution in [0.4, 0.5) is 10.6 Å². The third kappa shape index (κ3) is 3.05. The van der Waals surface area contributed by atoms with Crippen molar-refractivity contribution in [2.75, 3.05) is 44.3 Å². The highest BCUT2D eigenvalue weighted by atomic mass is 79.9. The molecule has 0 bridgehead atoms. The molecule has 2 aliphatic rings. The monoisotopic (exact) mass is 395 g/mol. The number of hydrogen-bond acceptors (Lipinski definition) is 6. The van der Waals surface area contributed by atoms with Gasteiger partial charge in [-0.3, -0.25) is 0 Å². The summed E-state index contributed by atoms with van der Waals surface area (Å²) in [6.07, 6.45) is 4.07. The summed E-state index contributed by atoms with van der Waals surface area (Å²) in [5.74, 6) is 0.890. The first kappa shape index (κ1) is 15.6. The number of amides is 1. The van der Waals surface area contributed by atoms with Crippen LogP contribution in [0.5, 0.6) is 0 Å². The minimum absolute atomic E-state index is 0.0983. The average molecular weight is 396 g/mol. The summed E-state index contributed by atoms with van der Waals surface area (Å²) in [5, 5.41) is 4.20. The van der Waals surface area contributed by atoms with Crippen molar-refractivity contribution < 1.29 is 14.3 Å². The van der Waals surface area contributed by atoms with E-state index in [0.717, 1.165) is 35.4 Å². The fraction of sp³-hybridized carbons (Fsp3) is 0.533. The highest BCUT2D eigenvalue weighted by Crippen LogP contribution is 2.20. The first-order chi connectivity index (χ1) is 11.7. The molecular weight excluding hydrogens is 378 g/mol. The standard InChI is InChI=1S/C15H18BrN5O3/c16-12-9-17-21-3-1-13(18-14(12)21)19-4-6-20(7-5-19)15(22)24-11-2-8-23-10-11/h1,3,9,11H,2,4-8,10H2/t11-/m1/s1. The summed E-state index contributed by atoms with van der Waals surface area (Å²) in [7, 11) is 0. The van der Waals surface area contributed by atoms with Gasteiger partial charge in [-0.1, -0.05) is 0 Å². The molecule has 0 radical (unpaired) electrons.